The lowest BCUT2D eigenvalue weighted by molar-refractivity contribution is -0.121. The number of hydrogen-bond donors (Lipinski definition) is 1. The van der Waals surface area contributed by atoms with Gasteiger partial charge in [0.25, 0.3) is 9.05 Å². The van der Waals surface area contributed by atoms with Gasteiger partial charge >= 0.3 is 0 Å². The molecule has 112 valence electrons. The molecule has 0 spiro atoms. The van der Waals surface area contributed by atoms with E-state index >= 15 is 0 Å². The van der Waals surface area contributed by atoms with Gasteiger partial charge in [-0.1, -0.05) is 13.8 Å². The molecule has 8 heteroatoms. The van der Waals surface area contributed by atoms with E-state index in [2.05, 4.69) is 10.3 Å². The maximum absolute atomic E-state index is 11.8. The van der Waals surface area contributed by atoms with Gasteiger partial charge in [0.2, 0.25) is 5.91 Å². The Morgan fingerprint density at radius 1 is 1.55 bits per heavy atom. The van der Waals surface area contributed by atoms with Crippen molar-refractivity contribution in [2.75, 3.05) is 6.54 Å². The Labute approximate surface area is 122 Å². The minimum Gasteiger partial charge on any atom is -0.354 e. The van der Waals surface area contributed by atoms with E-state index in [1.165, 1.54) is 6.20 Å². The number of rotatable bonds is 6. The molecule has 20 heavy (non-hydrogen) atoms. The third-order valence-corrected chi connectivity index (χ3v) is 4.32. The third-order valence-electron chi connectivity index (χ3n) is 3.15. The van der Waals surface area contributed by atoms with Crippen LogP contribution in [0.5, 0.6) is 0 Å². The van der Waals surface area contributed by atoms with Gasteiger partial charge in [0.05, 0.1) is 0 Å². The predicted octanol–water partition coefficient (Wildman–Crippen LogP) is 1.46. The summed E-state index contributed by atoms with van der Waals surface area (Å²) in [6.07, 6.45) is 3.64. The van der Waals surface area contributed by atoms with Gasteiger partial charge in [-0.3, -0.25) is 4.79 Å². The zero-order chi connectivity index (χ0) is 14.9. The van der Waals surface area contributed by atoms with Crippen molar-refractivity contribution in [2.45, 2.75) is 44.2 Å². The summed E-state index contributed by atoms with van der Waals surface area (Å²) in [6.45, 7) is 4.50. The van der Waals surface area contributed by atoms with Crippen LogP contribution in [0.3, 0.4) is 0 Å². The largest absolute Gasteiger partial charge is 0.354 e. The number of carbonyl (C=O) groups excluding carboxylic acids is 1. The maximum Gasteiger partial charge on any atom is 0.280 e. The normalized spacial score (nSPS) is 15.6. The zero-order valence-electron chi connectivity index (χ0n) is 11.5. The van der Waals surface area contributed by atoms with Crippen molar-refractivity contribution in [3.8, 4) is 0 Å². The van der Waals surface area contributed by atoms with Gasteiger partial charge in [-0.05, 0) is 18.8 Å². The van der Waals surface area contributed by atoms with Crippen LogP contribution < -0.4 is 5.32 Å². The molecule has 2 rings (SSSR count). The van der Waals surface area contributed by atoms with Crippen molar-refractivity contribution >= 4 is 25.6 Å². The van der Waals surface area contributed by atoms with E-state index in [4.69, 9.17) is 10.7 Å². The molecule has 6 nitrogen and oxygen atoms in total. The monoisotopic (exact) mass is 319 g/mol. The van der Waals surface area contributed by atoms with Gasteiger partial charge in [0.1, 0.15) is 12.4 Å². The highest BCUT2D eigenvalue weighted by molar-refractivity contribution is 8.13. The SMILES string of the molecule is CC(C)c1nc(S(=O)(=O)Cl)cn1CC(=O)NCC1CC1. The highest BCUT2D eigenvalue weighted by Gasteiger charge is 2.23. The lowest BCUT2D eigenvalue weighted by Crippen LogP contribution is -2.29. The molecule has 0 saturated heterocycles. The highest BCUT2D eigenvalue weighted by Crippen LogP contribution is 2.27. The van der Waals surface area contributed by atoms with Crippen molar-refractivity contribution < 1.29 is 13.2 Å². The zero-order valence-corrected chi connectivity index (χ0v) is 13.0. The van der Waals surface area contributed by atoms with Crippen LogP contribution in [-0.2, 0) is 20.4 Å². The van der Waals surface area contributed by atoms with Gasteiger partial charge in [-0.15, -0.1) is 0 Å². The summed E-state index contributed by atoms with van der Waals surface area (Å²) in [4.78, 5) is 15.8. The maximum atomic E-state index is 11.8. The molecule has 0 aromatic carbocycles. The molecule has 0 bridgehead atoms. The quantitative estimate of drug-likeness (QED) is 0.805. The molecule has 1 heterocycles. The fourth-order valence-corrected chi connectivity index (χ4v) is 2.58. The van der Waals surface area contributed by atoms with Gasteiger partial charge in [0, 0.05) is 29.3 Å². The molecule has 1 saturated carbocycles. The summed E-state index contributed by atoms with van der Waals surface area (Å²) in [5.74, 6) is 0.990. The Morgan fingerprint density at radius 3 is 2.70 bits per heavy atom. The molecule has 0 unspecified atom stereocenters. The Morgan fingerprint density at radius 2 is 2.20 bits per heavy atom. The summed E-state index contributed by atoms with van der Waals surface area (Å²) in [5, 5.41) is 2.63. The minimum absolute atomic E-state index is 0.00148. The number of amides is 1. The van der Waals surface area contributed by atoms with Crippen LogP contribution in [0, 0.1) is 5.92 Å². The molecular formula is C12H18ClN3O3S. The average Bonchev–Trinajstić information content (AvgIpc) is 3.04. The summed E-state index contributed by atoms with van der Waals surface area (Å²) >= 11 is 0. The Hall–Kier alpha value is -1.08. The van der Waals surface area contributed by atoms with Crippen LogP contribution in [0.2, 0.25) is 0 Å². The standard InChI is InChI=1S/C12H18ClN3O3S/c1-8(2)12-15-11(20(13,18)19)7-16(12)6-10(17)14-5-9-3-4-9/h7-9H,3-6H2,1-2H3,(H,14,17). The van der Waals surface area contributed by atoms with E-state index in [1.807, 2.05) is 13.8 Å². The van der Waals surface area contributed by atoms with Gasteiger partial charge in [-0.2, -0.15) is 0 Å². The first kappa shape index (κ1) is 15.3. The van der Waals surface area contributed by atoms with E-state index in [0.717, 1.165) is 12.8 Å². The number of hydrogen-bond acceptors (Lipinski definition) is 4. The first-order chi connectivity index (χ1) is 9.27. The van der Waals surface area contributed by atoms with Crippen LogP contribution in [0.4, 0.5) is 0 Å². The van der Waals surface area contributed by atoms with E-state index in [0.29, 0.717) is 18.3 Å². The van der Waals surface area contributed by atoms with Crippen LogP contribution in [0.1, 0.15) is 38.4 Å². The smallest absolute Gasteiger partial charge is 0.280 e. The lowest BCUT2D eigenvalue weighted by Gasteiger charge is -2.10. The van der Waals surface area contributed by atoms with Crippen molar-refractivity contribution in [1.29, 1.82) is 0 Å². The molecule has 1 fully saturated rings. The van der Waals surface area contributed by atoms with Gasteiger partial charge < -0.3 is 9.88 Å². The molecule has 0 atom stereocenters. The third kappa shape index (κ3) is 3.96. The van der Waals surface area contributed by atoms with Gasteiger partial charge in [0.15, 0.2) is 5.03 Å². The predicted molar refractivity (Wildman–Crippen MR) is 75.1 cm³/mol. The first-order valence-electron chi connectivity index (χ1n) is 6.56. The minimum atomic E-state index is -3.88. The second-order valence-electron chi connectivity index (χ2n) is 5.41. The number of aromatic nitrogens is 2. The number of imidazole rings is 1. The Kier molecular flexibility index (Phi) is 4.39. The molecule has 1 amide bonds. The molecule has 0 aliphatic heterocycles. The number of nitrogens with one attached hydrogen (secondary N) is 1. The Bertz CT molecular complexity index is 605. The molecule has 1 aromatic rings. The van der Waals surface area contributed by atoms with Crippen molar-refractivity contribution in [3.05, 3.63) is 12.0 Å². The molecule has 1 aliphatic carbocycles. The molecular weight excluding hydrogens is 302 g/mol. The van der Waals surface area contributed by atoms with Crippen LogP contribution in [0.15, 0.2) is 11.2 Å². The van der Waals surface area contributed by atoms with Crippen molar-refractivity contribution in [2.24, 2.45) is 5.92 Å². The van der Waals surface area contributed by atoms with E-state index in [-0.39, 0.29) is 23.4 Å². The molecule has 1 aromatic heterocycles. The molecule has 1 N–H and O–H groups in total. The highest BCUT2D eigenvalue weighted by atomic mass is 35.7. The second-order valence-corrected chi connectivity index (χ2v) is 7.92. The first-order valence-corrected chi connectivity index (χ1v) is 8.86. The van der Waals surface area contributed by atoms with E-state index < -0.39 is 9.05 Å². The van der Waals surface area contributed by atoms with E-state index in [1.54, 1.807) is 4.57 Å². The Balaban J connectivity index is 2.12. The fraction of sp³-hybridized carbons (Fsp3) is 0.667. The summed E-state index contributed by atoms with van der Waals surface area (Å²) < 4.78 is 24.2. The lowest BCUT2D eigenvalue weighted by atomic mass is 10.2. The summed E-state index contributed by atoms with van der Waals surface area (Å²) in [6, 6.07) is 0. The van der Waals surface area contributed by atoms with E-state index in [9.17, 15) is 13.2 Å². The van der Waals surface area contributed by atoms with Crippen LogP contribution >= 0.6 is 10.7 Å². The molecule has 0 radical (unpaired) electrons. The van der Waals surface area contributed by atoms with Gasteiger partial charge in [-0.25, -0.2) is 13.4 Å². The van der Waals surface area contributed by atoms with Crippen molar-refractivity contribution in [1.82, 2.24) is 14.9 Å². The summed E-state index contributed by atoms with van der Waals surface area (Å²) in [5.41, 5.74) is 0. The average molecular weight is 320 g/mol. The fourth-order valence-electron chi connectivity index (χ4n) is 1.90. The topological polar surface area (TPSA) is 81.1 Å². The van der Waals surface area contributed by atoms with Crippen molar-refractivity contribution in [3.63, 3.8) is 0 Å². The molecule has 1 aliphatic rings. The van der Waals surface area contributed by atoms with Crippen LogP contribution in [0.25, 0.3) is 0 Å². The number of nitrogens with zero attached hydrogens (tertiary/aromatic N) is 2. The summed E-state index contributed by atoms with van der Waals surface area (Å²) in [7, 11) is 1.41. The number of halogens is 1. The van der Waals surface area contributed by atoms with Crippen LogP contribution in [-0.4, -0.2) is 30.4 Å². The second kappa shape index (κ2) is 5.73. The number of carbonyl (C=O) groups is 1.